The minimum absolute atomic E-state index is 0.0367. The standard InChI is InChI=1S/C27H43NO2/c1-16-10-13-27(28-15-16)17(2)24-22(30-27)14-21-19-9-8-18-6-5-7-23(29)26(18,4)20(19)11-12-25(21,24)3/h7,16-22,24,28-29H,5-6,8-15H2,1-4H3/t16?,17-,18+,19+,20-,21-,22-,24-,25-,26-,27?/m0/s1. The summed E-state index contributed by atoms with van der Waals surface area (Å²) in [5, 5.41) is 14.9. The zero-order chi connectivity index (χ0) is 20.9. The first kappa shape index (κ1) is 20.1. The molecule has 3 saturated carbocycles. The van der Waals surface area contributed by atoms with E-state index in [2.05, 4.69) is 39.1 Å². The molecule has 2 aliphatic heterocycles. The van der Waals surface area contributed by atoms with E-state index in [1.807, 2.05) is 0 Å². The van der Waals surface area contributed by atoms with E-state index in [4.69, 9.17) is 4.74 Å². The number of aliphatic hydroxyl groups excluding tert-OH is 1. The fourth-order valence-corrected chi connectivity index (χ4v) is 10.1. The molecule has 2 N–H and O–H groups in total. The monoisotopic (exact) mass is 413 g/mol. The van der Waals surface area contributed by atoms with Crippen molar-refractivity contribution >= 4 is 0 Å². The lowest BCUT2D eigenvalue weighted by atomic mass is 9.45. The summed E-state index contributed by atoms with van der Waals surface area (Å²) < 4.78 is 6.99. The van der Waals surface area contributed by atoms with Gasteiger partial charge in [-0.05, 0) is 105 Å². The maximum absolute atomic E-state index is 11.0. The van der Waals surface area contributed by atoms with Gasteiger partial charge < -0.3 is 9.84 Å². The van der Waals surface area contributed by atoms with Gasteiger partial charge in [-0.2, -0.15) is 0 Å². The van der Waals surface area contributed by atoms with E-state index in [-0.39, 0.29) is 11.1 Å². The van der Waals surface area contributed by atoms with Gasteiger partial charge in [0.1, 0.15) is 5.72 Å². The van der Waals surface area contributed by atoms with Crippen molar-refractivity contribution in [2.75, 3.05) is 6.54 Å². The van der Waals surface area contributed by atoms with Gasteiger partial charge in [0.05, 0.1) is 11.9 Å². The molecule has 168 valence electrons. The molecule has 30 heavy (non-hydrogen) atoms. The van der Waals surface area contributed by atoms with E-state index in [1.54, 1.807) is 0 Å². The molecule has 1 spiro atoms. The maximum Gasteiger partial charge on any atom is 0.122 e. The van der Waals surface area contributed by atoms with Crippen LogP contribution in [0.15, 0.2) is 11.8 Å². The quantitative estimate of drug-likeness (QED) is 0.507. The van der Waals surface area contributed by atoms with Crippen LogP contribution in [-0.2, 0) is 4.74 Å². The Labute approximate surface area is 183 Å². The number of allylic oxidation sites excluding steroid dienone is 2. The predicted octanol–water partition coefficient (Wildman–Crippen LogP) is 6.06. The van der Waals surface area contributed by atoms with Gasteiger partial charge in [-0.25, -0.2) is 0 Å². The highest BCUT2D eigenvalue weighted by Crippen LogP contribution is 2.71. The highest BCUT2D eigenvalue weighted by molar-refractivity contribution is 5.21. The van der Waals surface area contributed by atoms with Crippen LogP contribution < -0.4 is 5.32 Å². The summed E-state index contributed by atoms with van der Waals surface area (Å²) in [5.41, 5.74) is 0.395. The van der Waals surface area contributed by atoms with Crippen molar-refractivity contribution < 1.29 is 9.84 Å². The molecule has 3 nitrogen and oxygen atoms in total. The van der Waals surface area contributed by atoms with Crippen molar-refractivity contribution in [3.05, 3.63) is 11.8 Å². The Morgan fingerprint density at radius 2 is 1.87 bits per heavy atom. The van der Waals surface area contributed by atoms with Crippen LogP contribution in [0.5, 0.6) is 0 Å². The summed E-state index contributed by atoms with van der Waals surface area (Å²) >= 11 is 0. The first-order valence-corrected chi connectivity index (χ1v) is 13.1. The summed E-state index contributed by atoms with van der Waals surface area (Å²) in [4.78, 5) is 0. The number of fused-ring (bicyclic) bond motifs is 7. The van der Waals surface area contributed by atoms with Crippen molar-refractivity contribution in [3.8, 4) is 0 Å². The molecule has 2 heterocycles. The third-order valence-electron chi connectivity index (χ3n) is 11.8. The minimum atomic E-state index is -0.0549. The Balaban J connectivity index is 1.29. The Kier molecular flexibility index (Phi) is 4.35. The van der Waals surface area contributed by atoms with E-state index in [0.29, 0.717) is 35.2 Å². The number of aliphatic hydroxyl groups is 1. The first-order chi connectivity index (χ1) is 14.3. The Morgan fingerprint density at radius 1 is 1.03 bits per heavy atom. The molecule has 0 aromatic carbocycles. The molecule has 4 aliphatic carbocycles. The zero-order valence-corrected chi connectivity index (χ0v) is 19.6. The van der Waals surface area contributed by atoms with Crippen LogP contribution in [0.25, 0.3) is 0 Å². The van der Waals surface area contributed by atoms with Crippen LogP contribution in [0.3, 0.4) is 0 Å². The molecule has 0 radical (unpaired) electrons. The molecule has 6 rings (SSSR count). The molecular weight excluding hydrogens is 370 g/mol. The van der Waals surface area contributed by atoms with Crippen molar-refractivity contribution in [3.63, 3.8) is 0 Å². The fraction of sp³-hybridized carbons (Fsp3) is 0.926. The molecule has 0 bridgehead atoms. The van der Waals surface area contributed by atoms with Crippen LogP contribution in [0.1, 0.15) is 85.5 Å². The third kappa shape index (κ3) is 2.40. The van der Waals surface area contributed by atoms with E-state index in [9.17, 15) is 5.11 Å². The Hall–Kier alpha value is -0.540. The fourth-order valence-electron chi connectivity index (χ4n) is 10.1. The molecule has 11 atom stereocenters. The second-order valence-corrected chi connectivity index (χ2v) is 12.8. The van der Waals surface area contributed by atoms with Crippen molar-refractivity contribution in [1.82, 2.24) is 5.32 Å². The molecule has 3 heteroatoms. The summed E-state index contributed by atoms with van der Waals surface area (Å²) in [7, 11) is 0. The molecule has 6 aliphatic rings. The second-order valence-electron chi connectivity index (χ2n) is 12.8. The summed E-state index contributed by atoms with van der Waals surface area (Å²) in [6.07, 6.45) is 14.0. The van der Waals surface area contributed by atoms with Gasteiger partial charge >= 0.3 is 0 Å². The second kappa shape index (κ2) is 6.50. The number of hydrogen-bond acceptors (Lipinski definition) is 3. The number of nitrogens with one attached hydrogen (secondary N) is 1. The Bertz CT molecular complexity index is 739. The molecule has 5 fully saturated rings. The van der Waals surface area contributed by atoms with Gasteiger partial charge in [-0.15, -0.1) is 0 Å². The molecule has 0 amide bonds. The van der Waals surface area contributed by atoms with Crippen LogP contribution in [0.2, 0.25) is 0 Å². The number of piperidine rings is 1. The molecule has 0 aromatic heterocycles. The van der Waals surface area contributed by atoms with Crippen molar-refractivity contribution in [2.45, 2.75) is 97.3 Å². The van der Waals surface area contributed by atoms with Gasteiger partial charge in [0, 0.05) is 17.9 Å². The lowest BCUT2D eigenvalue weighted by Crippen LogP contribution is -2.57. The van der Waals surface area contributed by atoms with Gasteiger partial charge in [0.2, 0.25) is 0 Å². The first-order valence-electron chi connectivity index (χ1n) is 13.1. The van der Waals surface area contributed by atoms with E-state index in [0.717, 1.165) is 36.5 Å². The smallest absolute Gasteiger partial charge is 0.122 e. The van der Waals surface area contributed by atoms with Crippen LogP contribution in [0.4, 0.5) is 0 Å². The van der Waals surface area contributed by atoms with E-state index in [1.165, 1.54) is 51.4 Å². The van der Waals surface area contributed by atoms with Gasteiger partial charge in [0.25, 0.3) is 0 Å². The van der Waals surface area contributed by atoms with Gasteiger partial charge in [-0.3, -0.25) is 5.32 Å². The molecule has 2 saturated heterocycles. The van der Waals surface area contributed by atoms with Gasteiger partial charge in [-0.1, -0.05) is 27.7 Å². The van der Waals surface area contributed by atoms with E-state index < -0.39 is 0 Å². The van der Waals surface area contributed by atoms with Crippen LogP contribution >= 0.6 is 0 Å². The largest absolute Gasteiger partial charge is 0.512 e. The van der Waals surface area contributed by atoms with Crippen LogP contribution in [-0.4, -0.2) is 23.5 Å². The number of ether oxygens (including phenoxy) is 1. The average molecular weight is 414 g/mol. The highest BCUT2D eigenvalue weighted by atomic mass is 16.5. The number of hydrogen-bond donors (Lipinski definition) is 2. The molecule has 2 unspecified atom stereocenters. The maximum atomic E-state index is 11.0. The Morgan fingerprint density at radius 3 is 2.63 bits per heavy atom. The zero-order valence-electron chi connectivity index (χ0n) is 19.6. The lowest BCUT2D eigenvalue weighted by molar-refractivity contribution is -0.126. The molecule has 0 aromatic rings. The lowest BCUT2D eigenvalue weighted by Gasteiger charge is -2.60. The SMILES string of the molecule is CC1CCC2(NC1)O[C@H]1C[C@H]3[C@@H]4CC[C@H]5CCC=C(O)[C@]5(C)[C@H]4CC[C@]3(C)[C@H]1[C@@H]2C. The highest BCUT2D eigenvalue weighted by Gasteiger charge is 2.68. The van der Waals surface area contributed by atoms with Crippen molar-refractivity contribution in [1.29, 1.82) is 0 Å². The van der Waals surface area contributed by atoms with Crippen molar-refractivity contribution in [2.24, 2.45) is 52.3 Å². The van der Waals surface area contributed by atoms with Crippen LogP contribution in [0, 0.1) is 52.3 Å². The van der Waals surface area contributed by atoms with Gasteiger partial charge in [0.15, 0.2) is 0 Å². The minimum Gasteiger partial charge on any atom is -0.512 e. The van der Waals surface area contributed by atoms with E-state index >= 15 is 0 Å². The predicted molar refractivity (Wildman–Crippen MR) is 120 cm³/mol. The number of rotatable bonds is 0. The summed E-state index contributed by atoms with van der Waals surface area (Å²) in [6, 6.07) is 0. The normalized spacial score (nSPS) is 59.8. The molecular formula is C27H43NO2. The summed E-state index contributed by atoms with van der Waals surface area (Å²) in [5.74, 6) is 5.74. The third-order valence-corrected chi connectivity index (χ3v) is 11.8. The summed E-state index contributed by atoms with van der Waals surface area (Å²) in [6.45, 7) is 11.0. The topological polar surface area (TPSA) is 41.5 Å². The average Bonchev–Trinajstić information content (AvgIpc) is 3.16.